The Kier molecular flexibility index (Phi) is 5.65. The normalized spacial score (nSPS) is 12.2. The van der Waals surface area contributed by atoms with Crippen LogP contribution in [0.25, 0.3) is 0 Å². The number of hydrogen-bond donors (Lipinski definition) is 3. The minimum absolute atomic E-state index is 0.0200. The molecule has 0 aliphatic heterocycles. The molecule has 0 radical (unpaired) electrons. The predicted molar refractivity (Wildman–Crippen MR) is 72.7 cm³/mol. The lowest BCUT2D eigenvalue weighted by Crippen LogP contribution is -2.40. The van der Waals surface area contributed by atoms with Gasteiger partial charge in [0.15, 0.2) is 0 Å². The summed E-state index contributed by atoms with van der Waals surface area (Å²) in [6.07, 6.45) is 3.04. The quantitative estimate of drug-likeness (QED) is 0.722. The molecular formula is C14H22N2O2. The first kappa shape index (κ1) is 14.5. The second-order valence-corrected chi connectivity index (χ2v) is 4.55. The number of carbonyl (C=O) groups excluding carboxylic acids is 1. The number of hydrogen-bond acceptors (Lipinski definition) is 3. The van der Waals surface area contributed by atoms with Gasteiger partial charge >= 0.3 is 0 Å². The van der Waals surface area contributed by atoms with Crippen LogP contribution in [0.5, 0.6) is 5.75 Å². The van der Waals surface area contributed by atoms with Gasteiger partial charge in [-0.3, -0.25) is 4.79 Å². The number of benzene rings is 1. The molecule has 1 rings (SSSR count). The number of rotatable bonds is 6. The van der Waals surface area contributed by atoms with Crippen LogP contribution in [0.4, 0.5) is 0 Å². The number of aromatic hydroxyl groups is 1. The average molecular weight is 250 g/mol. The zero-order chi connectivity index (χ0) is 13.5. The number of aryl methyl sites for hydroxylation is 1. The molecule has 0 aliphatic carbocycles. The van der Waals surface area contributed by atoms with Crippen molar-refractivity contribution in [3.8, 4) is 5.75 Å². The van der Waals surface area contributed by atoms with Crippen LogP contribution in [0.2, 0.25) is 0 Å². The number of carbonyl (C=O) groups is 1. The van der Waals surface area contributed by atoms with E-state index < -0.39 is 0 Å². The van der Waals surface area contributed by atoms with Crippen LogP contribution in [0, 0.1) is 6.92 Å². The van der Waals surface area contributed by atoms with Gasteiger partial charge in [-0.25, -0.2) is 0 Å². The van der Waals surface area contributed by atoms with E-state index in [1.807, 2.05) is 0 Å². The van der Waals surface area contributed by atoms with Gasteiger partial charge in [-0.1, -0.05) is 19.8 Å². The Hall–Kier alpha value is -1.55. The van der Waals surface area contributed by atoms with E-state index in [9.17, 15) is 9.90 Å². The number of nitrogens with two attached hydrogens (primary N) is 1. The molecular weight excluding hydrogens is 228 g/mol. The summed E-state index contributed by atoms with van der Waals surface area (Å²) in [5, 5.41) is 12.3. The van der Waals surface area contributed by atoms with Gasteiger partial charge in [-0.05, 0) is 37.1 Å². The van der Waals surface area contributed by atoms with Crippen LogP contribution < -0.4 is 11.1 Å². The van der Waals surface area contributed by atoms with E-state index in [0.29, 0.717) is 17.7 Å². The molecule has 1 aromatic rings. The zero-order valence-electron chi connectivity index (χ0n) is 11.1. The SMILES string of the molecule is CCCCC(CN)NC(=O)c1ccc(O)c(C)c1. The summed E-state index contributed by atoms with van der Waals surface area (Å²) in [5.41, 5.74) is 6.89. The highest BCUT2D eigenvalue weighted by molar-refractivity contribution is 5.94. The van der Waals surface area contributed by atoms with Crippen molar-refractivity contribution in [1.82, 2.24) is 5.32 Å². The summed E-state index contributed by atoms with van der Waals surface area (Å²) in [6, 6.07) is 4.85. The summed E-state index contributed by atoms with van der Waals surface area (Å²) in [7, 11) is 0. The molecule has 4 nitrogen and oxygen atoms in total. The van der Waals surface area contributed by atoms with Gasteiger partial charge in [0.1, 0.15) is 5.75 Å². The van der Waals surface area contributed by atoms with Gasteiger partial charge in [0.2, 0.25) is 0 Å². The molecule has 0 aromatic heterocycles. The Morgan fingerprint density at radius 1 is 1.50 bits per heavy atom. The van der Waals surface area contributed by atoms with Crippen molar-refractivity contribution in [2.24, 2.45) is 5.73 Å². The van der Waals surface area contributed by atoms with Gasteiger partial charge in [-0.2, -0.15) is 0 Å². The molecule has 0 saturated heterocycles. The third-order valence-electron chi connectivity index (χ3n) is 2.98. The Balaban J connectivity index is 2.65. The molecule has 100 valence electrons. The van der Waals surface area contributed by atoms with Gasteiger partial charge in [0.25, 0.3) is 5.91 Å². The van der Waals surface area contributed by atoms with E-state index in [0.717, 1.165) is 19.3 Å². The maximum Gasteiger partial charge on any atom is 0.251 e. The van der Waals surface area contributed by atoms with Crippen LogP contribution in [0.15, 0.2) is 18.2 Å². The highest BCUT2D eigenvalue weighted by atomic mass is 16.3. The number of phenolic OH excluding ortho intramolecular Hbond substituents is 1. The molecule has 0 saturated carbocycles. The summed E-state index contributed by atoms with van der Waals surface area (Å²) < 4.78 is 0. The molecule has 4 N–H and O–H groups in total. The standard InChI is InChI=1S/C14H22N2O2/c1-3-4-5-12(9-15)16-14(18)11-6-7-13(17)10(2)8-11/h6-8,12,17H,3-5,9,15H2,1-2H3,(H,16,18). The second kappa shape index (κ2) is 7.01. The molecule has 18 heavy (non-hydrogen) atoms. The van der Waals surface area contributed by atoms with Gasteiger partial charge in [0, 0.05) is 18.2 Å². The average Bonchev–Trinajstić information content (AvgIpc) is 2.37. The van der Waals surface area contributed by atoms with Crippen molar-refractivity contribution >= 4 is 5.91 Å². The van der Waals surface area contributed by atoms with Crippen LogP contribution in [0.1, 0.15) is 42.1 Å². The van der Waals surface area contributed by atoms with Crippen molar-refractivity contribution in [3.63, 3.8) is 0 Å². The molecule has 0 bridgehead atoms. The van der Waals surface area contributed by atoms with Crippen LogP contribution >= 0.6 is 0 Å². The molecule has 1 amide bonds. The minimum Gasteiger partial charge on any atom is -0.508 e. The van der Waals surface area contributed by atoms with E-state index in [-0.39, 0.29) is 17.7 Å². The monoisotopic (exact) mass is 250 g/mol. The minimum atomic E-state index is -0.135. The van der Waals surface area contributed by atoms with Gasteiger partial charge < -0.3 is 16.2 Å². The maximum absolute atomic E-state index is 12.0. The second-order valence-electron chi connectivity index (χ2n) is 4.55. The van der Waals surface area contributed by atoms with Gasteiger partial charge in [0.05, 0.1) is 0 Å². The van der Waals surface area contributed by atoms with Crippen molar-refractivity contribution in [3.05, 3.63) is 29.3 Å². The van der Waals surface area contributed by atoms with Crippen LogP contribution in [-0.4, -0.2) is 23.6 Å². The van der Waals surface area contributed by atoms with E-state index in [2.05, 4.69) is 12.2 Å². The van der Waals surface area contributed by atoms with Crippen LogP contribution in [-0.2, 0) is 0 Å². The first-order valence-corrected chi connectivity index (χ1v) is 6.39. The number of phenols is 1. The highest BCUT2D eigenvalue weighted by Gasteiger charge is 2.12. The first-order valence-electron chi connectivity index (χ1n) is 6.39. The summed E-state index contributed by atoms with van der Waals surface area (Å²) in [4.78, 5) is 12.0. The lowest BCUT2D eigenvalue weighted by Gasteiger charge is -2.16. The van der Waals surface area contributed by atoms with E-state index >= 15 is 0 Å². The number of nitrogens with one attached hydrogen (secondary N) is 1. The first-order chi connectivity index (χ1) is 8.58. The number of unbranched alkanes of at least 4 members (excludes halogenated alkanes) is 1. The lowest BCUT2D eigenvalue weighted by atomic mass is 10.1. The fourth-order valence-corrected chi connectivity index (χ4v) is 1.76. The Morgan fingerprint density at radius 2 is 2.22 bits per heavy atom. The number of amides is 1. The topological polar surface area (TPSA) is 75.3 Å². The van der Waals surface area contributed by atoms with E-state index in [4.69, 9.17) is 5.73 Å². The zero-order valence-corrected chi connectivity index (χ0v) is 11.1. The third kappa shape index (κ3) is 4.04. The molecule has 0 heterocycles. The molecule has 0 fully saturated rings. The lowest BCUT2D eigenvalue weighted by molar-refractivity contribution is 0.0935. The fourth-order valence-electron chi connectivity index (χ4n) is 1.76. The Morgan fingerprint density at radius 3 is 2.78 bits per heavy atom. The maximum atomic E-state index is 12.0. The smallest absolute Gasteiger partial charge is 0.251 e. The molecule has 4 heteroatoms. The highest BCUT2D eigenvalue weighted by Crippen LogP contribution is 2.17. The molecule has 0 spiro atoms. The van der Waals surface area contributed by atoms with Crippen molar-refractivity contribution in [2.45, 2.75) is 39.2 Å². The summed E-state index contributed by atoms with van der Waals surface area (Å²) in [6.45, 7) is 4.32. The third-order valence-corrected chi connectivity index (χ3v) is 2.98. The van der Waals surface area contributed by atoms with Crippen LogP contribution in [0.3, 0.4) is 0 Å². The van der Waals surface area contributed by atoms with Crippen molar-refractivity contribution in [2.75, 3.05) is 6.54 Å². The van der Waals surface area contributed by atoms with E-state index in [1.165, 1.54) is 6.07 Å². The molecule has 0 aliphatic rings. The van der Waals surface area contributed by atoms with Gasteiger partial charge in [-0.15, -0.1) is 0 Å². The Labute approximate surface area is 108 Å². The Bertz CT molecular complexity index is 405. The largest absolute Gasteiger partial charge is 0.508 e. The summed E-state index contributed by atoms with van der Waals surface area (Å²) in [5.74, 6) is 0.0672. The predicted octanol–water partition coefficient (Wildman–Crippen LogP) is 1.95. The fraction of sp³-hybridized carbons (Fsp3) is 0.500. The summed E-state index contributed by atoms with van der Waals surface area (Å²) >= 11 is 0. The van der Waals surface area contributed by atoms with Crippen molar-refractivity contribution in [1.29, 1.82) is 0 Å². The van der Waals surface area contributed by atoms with E-state index in [1.54, 1.807) is 19.1 Å². The van der Waals surface area contributed by atoms with Crippen molar-refractivity contribution < 1.29 is 9.90 Å². The molecule has 1 aromatic carbocycles. The molecule has 1 unspecified atom stereocenters. The molecule has 1 atom stereocenters.